The van der Waals surface area contributed by atoms with E-state index in [1.54, 1.807) is 7.11 Å². The summed E-state index contributed by atoms with van der Waals surface area (Å²) in [4.78, 5) is 0. The van der Waals surface area contributed by atoms with Gasteiger partial charge in [0.05, 0.1) is 18.8 Å². The van der Waals surface area contributed by atoms with Crippen LogP contribution in [0.4, 0.5) is 0 Å². The van der Waals surface area contributed by atoms with Crippen molar-refractivity contribution in [3.8, 4) is 0 Å². The molecule has 15 heavy (non-hydrogen) atoms. The average molecular weight is 217 g/mol. The van der Waals surface area contributed by atoms with Crippen molar-refractivity contribution in [1.82, 2.24) is 5.32 Å². The molecule has 0 spiro atoms. The van der Waals surface area contributed by atoms with Crippen LogP contribution in [0.5, 0.6) is 0 Å². The first kappa shape index (κ1) is 14.9. The second-order valence-corrected chi connectivity index (χ2v) is 4.10. The van der Waals surface area contributed by atoms with Crippen LogP contribution in [0.25, 0.3) is 0 Å². The Kier molecular flexibility index (Phi) is 10.3. The fourth-order valence-corrected chi connectivity index (χ4v) is 1.55. The molecular weight excluding hydrogens is 190 g/mol. The third-order valence-corrected chi connectivity index (χ3v) is 2.26. The van der Waals surface area contributed by atoms with Gasteiger partial charge in [0.15, 0.2) is 0 Å². The third-order valence-electron chi connectivity index (χ3n) is 2.26. The molecule has 0 aromatic rings. The molecule has 2 atom stereocenters. The maximum Gasteiger partial charge on any atom is 0.0783 e. The van der Waals surface area contributed by atoms with Gasteiger partial charge in [-0.15, -0.1) is 0 Å². The van der Waals surface area contributed by atoms with Crippen LogP contribution in [0.3, 0.4) is 0 Å². The van der Waals surface area contributed by atoms with E-state index in [1.807, 2.05) is 0 Å². The Bertz CT molecular complexity index is 131. The third kappa shape index (κ3) is 10.2. The van der Waals surface area contributed by atoms with Gasteiger partial charge in [-0.1, -0.05) is 6.92 Å². The summed E-state index contributed by atoms with van der Waals surface area (Å²) in [5, 5.41) is 3.39. The molecule has 0 rings (SSSR count). The summed E-state index contributed by atoms with van der Waals surface area (Å²) in [6, 6.07) is 0. The minimum atomic E-state index is 0.202. The largest absolute Gasteiger partial charge is 0.382 e. The summed E-state index contributed by atoms with van der Waals surface area (Å²) < 4.78 is 10.8. The molecule has 0 radical (unpaired) electrons. The van der Waals surface area contributed by atoms with Gasteiger partial charge < -0.3 is 14.8 Å². The topological polar surface area (TPSA) is 30.5 Å². The van der Waals surface area contributed by atoms with E-state index in [-0.39, 0.29) is 6.10 Å². The van der Waals surface area contributed by atoms with Crippen LogP contribution in [-0.2, 0) is 9.47 Å². The zero-order chi connectivity index (χ0) is 11.5. The van der Waals surface area contributed by atoms with Crippen molar-refractivity contribution >= 4 is 0 Å². The van der Waals surface area contributed by atoms with Gasteiger partial charge in [-0.25, -0.2) is 0 Å². The monoisotopic (exact) mass is 217 g/mol. The van der Waals surface area contributed by atoms with Crippen LogP contribution >= 0.6 is 0 Å². The summed E-state index contributed by atoms with van der Waals surface area (Å²) in [5.74, 6) is 0. The van der Waals surface area contributed by atoms with Crippen molar-refractivity contribution in [1.29, 1.82) is 0 Å². The minimum absolute atomic E-state index is 0.202. The van der Waals surface area contributed by atoms with Crippen LogP contribution < -0.4 is 5.32 Å². The predicted molar refractivity (Wildman–Crippen MR) is 64.3 cm³/mol. The number of hydrogen-bond acceptors (Lipinski definition) is 3. The van der Waals surface area contributed by atoms with E-state index < -0.39 is 0 Å². The van der Waals surface area contributed by atoms with Crippen LogP contribution in [0.15, 0.2) is 0 Å². The standard InChI is InChI=1S/C12H27NO2/c1-5-8-13-9-6-7-11(2)15-12(3)10-14-4/h11-13H,5-10H2,1-4H3. The molecule has 1 N–H and O–H groups in total. The molecule has 0 saturated heterocycles. The smallest absolute Gasteiger partial charge is 0.0783 e. The van der Waals surface area contributed by atoms with E-state index in [0.29, 0.717) is 12.7 Å². The lowest BCUT2D eigenvalue weighted by molar-refractivity contribution is -0.0343. The summed E-state index contributed by atoms with van der Waals surface area (Å²) >= 11 is 0. The van der Waals surface area contributed by atoms with E-state index in [0.717, 1.165) is 19.5 Å². The number of ether oxygens (including phenoxy) is 2. The second-order valence-electron chi connectivity index (χ2n) is 4.10. The molecule has 0 saturated carbocycles. The lowest BCUT2D eigenvalue weighted by Gasteiger charge is -2.18. The first-order valence-corrected chi connectivity index (χ1v) is 6.05. The maximum atomic E-state index is 5.74. The summed E-state index contributed by atoms with van der Waals surface area (Å²) in [5.41, 5.74) is 0. The zero-order valence-electron chi connectivity index (χ0n) is 10.7. The van der Waals surface area contributed by atoms with E-state index in [9.17, 15) is 0 Å². The molecule has 0 aromatic carbocycles. The highest BCUT2D eigenvalue weighted by atomic mass is 16.5. The molecule has 0 aliphatic heterocycles. The fourth-order valence-electron chi connectivity index (χ4n) is 1.55. The van der Waals surface area contributed by atoms with Crippen molar-refractivity contribution in [3.05, 3.63) is 0 Å². The average Bonchev–Trinajstić information content (AvgIpc) is 2.17. The van der Waals surface area contributed by atoms with Crippen LogP contribution in [0.1, 0.15) is 40.0 Å². The number of nitrogens with one attached hydrogen (secondary N) is 1. The van der Waals surface area contributed by atoms with Crippen LogP contribution in [0, 0.1) is 0 Å². The van der Waals surface area contributed by atoms with E-state index in [4.69, 9.17) is 9.47 Å². The van der Waals surface area contributed by atoms with Crippen molar-refractivity contribution in [2.45, 2.75) is 52.2 Å². The second kappa shape index (κ2) is 10.4. The summed E-state index contributed by atoms with van der Waals surface area (Å²) in [6.45, 7) is 9.26. The molecule has 2 unspecified atom stereocenters. The van der Waals surface area contributed by atoms with Gasteiger partial charge in [0.2, 0.25) is 0 Å². The number of methoxy groups -OCH3 is 1. The molecule has 0 amide bonds. The highest BCUT2D eigenvalue weighted by molar-refractivity contribution is 4.57. The molecule has 3 nitrogen and oxygen atoms in total. The Morgan fingerprint density at radius 1 is 1.13 bits per heavy atom. The Balaban J connectivity index is 3.28. The Hall–Kier alpha value is -0.120. The first-order chi connectivity index (χ1) is 7.20. The molecule has 3 heteroatoms. The van der Waals surface area contributed by atoms with Crippen molar-refractivity contribution in [3.63, 3.8) is 0 Å². The van der Waals surface area contributed by atoms with Crippen molar-refractivity contribution in [2.24, 2.45) is 0 Å². The molecule has 0 aliphatic rings. The summed E-state index contributed by atoms with van der Waals surface area (Å²) in [7, 11) is 1.71. The Morgan fingerprint density at radius 3 is 2.47 bits per heavy atom. The number of hydrogen-bond donors (Lipinski definition) is 1. The predicted octanol–water partition coefficient (Wildman–Crippen LogP) is 2.21. The molecule has 0 bridgehead atoms. The Morgan fingerprint density at radius 2 is 1.87 bits per heavy atom. The van der Waals surface area contributed by atoms with Crippen molar-refractivity contribution in [2.75, 3.05) is 26.8 Å². The molecule has 0 aliphatic carbocycles. The number of rotatable bonds is 10. The van der Waals surface area contributed by atoms with Gasteiger partial charge >= 0.3 is 0 Å². The van der Waals surface area contributed by atoms with E-state index in [2.05, 4.69) is 26.1 Å². The SMILES string of the molecule is CCCNCCCC(C)OC(C)COC. The molecule has 0 heterocycles. The normalized spacial score (nSPS) is 15.2. The molecule has 0 fully saturated rings. The maximum absolute atomic E-state index is 5.74. The van der Waals surface area contributed by atoms with Crippen LogP contribution in [0.2, 0.25) is 0 Å². The molecular formula is C12H27NO2. The van der Waals surface area contributed by atoms with Gasteiger partial charge in [0, 0.05) is 7.11 Å². The summed E-state index contributed by atoms with van der Waals surface area (Å²) in [6.07, 6.45) is 4.04. The van der Waals surface area contributed by atoms with Gasteiger partial charge in [0.1, 0.15) is 0 Å². The van der Waals surface area contributed by atoms with Crippen molar-refractivity contribution < 1.29 is 9.47 Å². The quantitative estimate of drug-likeness (QED) is 0.569. The zero-order valence-corrected chi connectivity index (χ0v) is 10.7. The fraction of sp³-hybridized carbons (Fsp3) is 1.00. The van der Waals surface area contributed by atoms with Gasteiger partial charge in [-0.05, 0) is 46.2 Å². The Labute approximate surface area is 94.5 Å². The lowest BCUT2D eigenvalue weighted by Crippen LogP contribution is -2.23. The minimum Gasteiger partial charge on any atom is -0.382 e. The lowest BCUT2D eigenvalue weighted by atomic mass is 10.2. The van der Waals surface area contributed by atoms with E-state index in [1.165, 1.54) is 12.8 Å². The highest BCUT2D eigenvalue weighted by Crippen LogP contribution is 2.04. The van der Waals surface area contributed by atoms with Gasteiger partial charge in [-0.3, -0.25) is 0 Å². The molecule has 92 valence electrons. The van der Waals surface area contributed by atoms with Crippen LogP contribution in [-0.4, -0.2) is 39.0 Å². The van der Waals surface area contributed by atoms with Gasteiger partial charge in [-0.2, -0.15) is 0 Å². The molecule has 0 aromatic heterocycles. The van der Waals surface area contributed by atoms with E-state index >= 15 is 0 Å². The first-order valence-electron chi connectivity index (χ1n) is 6.05. The van der Waals surface area contributed by atoms with Gasteiger partial charge in [0.25, 0.3) is 0 Å². The highest BCUT2D eigenvalue weighted by Gasteiger charge is 2.07.